The van der Waals surface area contributed by atoms with Gasteiger partial charge < -0.3 is 4.98 Å². The van der Waals surface area contributed by atoms with Crippen molar-refractivity contribution < 1.29 is 24.5 Å². The molecule has 0 bridgehead atoms. The van der Waals surface area contributed by atoms with E-state index in [1.54, 1.807) is 12.4 Å². The molecule has 223 valence electrons. The minimum absolute atomic E-state index is 0. The number of furan rings is 1. The summed E-state index contributed by atoms with van der Waals surface area (Å²) in [4.78, 5) is 17.7. The van der Waals surface area contributed by atoms with E-state index in [9.17, 15) is 0 Å². The van der Waals surface area contributed by atoms with Crippen molar-refractivity contribution >= 4 is 50.8 Å². The van der Waals surface area contributed by atoms with Gasteiger partial charge in [-0.1, -0.05) is 12.1 Å². The molecule has 4 aromatic heterocycles. The first-order chi connectivity index (χ1) is 21.5. The third-order valence-corrected chi connectivity index (χ3v) is 11.8. The quantitative estimate of drug-likeness (QED) is 0.132. The van der Waals surface area contributed by atoms with Crippen molar-refractivity contribution in [1.82, 2.24) is 24.5 Å². The van der Waals surface area contributed by atoms with E-state index in [1.165, 1.54) is 10.7 Å². The van der Waals surface area contributed by atoms with Crippen LogP contribution in [0.3, 0.4) is 0 Å². The van der Waals surface area contributed by atoms with E-state index in [0.29, 0.717) is 5.65 Å². The van der Waals surface area contributed by atoms with Crippen LogP contribution in [-0.2, 0) is 20.1 Å². The van der Waals surface area contributed by atoms with E-state index < -0.39 is 13.3 Å². The molecule has 0 aliphatic rings. The molecule has 1 radical (unpaired) electrons. The third kappa shape index (κ3) is 6.12. The summed E-state index contributed by atoms with van der Waals surface area (Å²) >= 11 is -1.98. The molecule has 8 heteroatoms. The normalized spacial score (nSPS) is 11.3. The molecule has 0 saturated carbocycles. The number of benzene rings is 4. The summed E-state index contributed by atoms with van der Waals surface area (Å²) in [6.07, 6.45) is 5.11. The van der Waals surface area contributed by atoms with Gasteiger partial charge in [-0.05, 0) is 11.8 Å². The summed E-state index contributed by atoms with van der Waals surface area (Å²) in [5.74, 6) is 7.93. The van der Waals surface area contributed by atoms with E-state index in [4.69, 9.17) is 9.40 Å². The third-order valence-electron chi connectivity index (χ3n) is 7.52. The summed E-state index contributed by atoms with van der Waals surface area (Å²) in [6.45, 7) is 0. The van der Waals surface area contributed by atoms with Gasteiger partial charge >= 0.3 is 188 Å². The van der Waals surface area contributed by atoms with Crippen LogP contribution < -0.4 is 4.40 Å². The molecular formula is C37H29GeIrN5O-2. The van der Waals surface area contributed by atoms with E-state index in [1.807, 2.05) is 66.7 Å². The second-order valence-corrected chi connectivity index (χ2v) is 22.1. The van der Waals surface area contributed by atoms with Crippen molar-refractivity contribution in [3.05, 3.63) is 134 Å². The van der Waals surface area contributed by atoms with Crippen LogP contribution in [0.4, 0.5) is 0 Å². The number of aromatic nitrogens is 5. The van der Waals surface area contributed by atoms with Gasteiger partial charge in [-0.25, -0.2) is 0 Å². The molecule has 0 fully saturated rings. The standard InChI is InChI=1S/C26H21GeN4O.C11H8N.Ir/c1-27(2,3)17-12-13-19-20-10-7-11-21(24(20)32-23(19)14-17)26-30-25-22(15-28-16-29-25)31(26)18-8-5-4-6-9-18;1-2-6-10(7-3-1)11-8-4-5-9-12-11;/h4-10,12-16H,1-3H3;1-6,8-9H;/q2*-1;. The Morgan fingerprint density at radius 2 is 1.60 bits per heavy atom. The Kier molecular flexibility index (Phi) is 8.77. The Morgan fingerprint density at radius 1 is 0.778 bits per heavy atom. The van der Waals surface area contributed by atoms with Gasteiger partial charge in [0.05, 0.1) is 0 Å². The number of rotatable bonds is 4. The number of imidazole rings is 1. The predicted octanol–water partition coefficient (Wildman–Crippen LogP) is 8.27. The number of fused-ring (bicyclic) bond motifs is 4. The zero-order chi connectivity index (χ0) is 30.1. The van der Waals surface area contributed by atoms with Crippen LogP contribution in [0.5, 0.6) is 0 Å². The topological polar surface area (TPSA) is 69.6 Å². The Bertz CT molecular complexity index is 2170. The first-order valence-electron chi connectivity index (χ1n) is 14.5. The van der Waals surface area contributed by atoms with Crippen LogP contribution in [0.15, 0.2) is 126 Å². The van der Waals surface area contributed by atoms with Gasteiger partial charge in [0.2, 0.25) is 0 Å². The summed E-state index contributed by atoms with van der Waals surface area (Å²) in [5, 5.41) is 2.19. The maximum atomic E-state index is 6.47. The average molecular weight is 825 g/mol. The molecule has 45 heavy (non-hydrogen) atoms. The molecule has 0 atom stereocenters. The fraction of sp³-hybridized carbons (Fsp3) is 0.0811. The Balaban J connectivity index is 0.000000231. The van der Waals surface area contributed by atoms with E-state index >= 15 is 0 Å². The Morgan fingerprint density at radius 3 is 2.36 bits per heavy atom. The van der Waals surface area contributed by atoms with E-state index in [0.717, 1.165) is 55.8 Å². The first kappa shape index (κ1) is 30.6. The SMILES string of the molecule is [CH3][Ge]([CH3])([CH3])[c]1ccc2c(c1)oc1c(-c3nc4ncncc4n3-c3ccccc3)[c-]ccc12.[Ir].[c-]1ccccc1-c1ccccn1. The number of pyridine rings is 1. The maximum Gasteiger partial charge on any atom is 0.0160 e. The minimum Gasteiger partial charge on any atom is -0.305 e. The largest absolute Gasteiger partial charge is 0.305 e. The van der Waals surface area contributed by atoms with Gasteiger partial charge in [-0.15, -0.1) is 35.9 Å². The molecule has 0 aliphatic heterocycles. The van der Waals surface area contributed by atoms with Crippen molar-refractivity contribution in [3.8, 4) is 28.3 Å². The molecule has 0 unspecified atom stereocenters. The van der Waals surface area contributed by atoms with E-state index in [2.05, 4.69) is 85.3 Å². The fourth-order valence-electron chi connectivity index (χ4n) is 5.28. The van der Waals surface area contributed by atoms with Crippen molar-refractivity contribution in [2.45, 2.75) is 17.3 Å². The van der Waals surface area contributed by atoms with Crippen molar-refractivity contribution in [2.24, 2.45) is 0 Å². The van der Waals surface area contributed by atoms with Gasteiger partial charge in [0.15, 0.2) is 0 Å². The van der Waals surface area contributed by atoms with Gasteiger partial charge in [0.1, 0.15) is 0 Å². The Labute approximate surface area is 277 Å². The van der Waals surface area contributed by atoms with Crippen molar-refractivity contribution in [2.75, 3.05) is 0 Å². The van der Waals surface area contributed by atoms with Crippen LogP contribution in [0.1, 0.15) is 0 Å². The molecule has 8 rings (SSSR count). The van der Waals surface area contributed by atoms with Crippen molar-refractivity contribution in [3.63, 3.8) is 0 Å². The number of hydrogen-bond donors (Lipinski definition) is 0. The molecule has 0 amide bonds. The zero-order valence-corrected chi connectivity index (χ0v) is 29.5. The number of hydrogen-bond acceptors (Lipinski definition) is 5. The summed E-state index contributed by atoms with van der Waals surface area (Å²) in [6, 6.07) is 41.0. The van der Waals surface area contributed by atoms with Crippen LogP contribution in [-0.4, -0.2) is 37.8 Å². The second kappa shape index (κ2) is 12.9. The minimum atomic E-state index is -1.98. The van der Waals surface area contributed by atoms with Gasteiger partial charge in [0.25, 0.3) is 0 Å². The van der Waals surface area contributed by atoms with E-state index in [-0.39, 0.29) is 20.1 Å². The maximum absolute atomic E-state index is 6.47. The molecule has 8 aromatic rings. The molecule has 0 N–H and O–H groups in total. The molecule has 0 saturated heterocycles. The van der Waals surface area contributed by atoms with Crippen LogP contribution in [0.2, 0.25) is 17.3 Å². The van der Waals surface area contributed by atoms with Gasteiger partial charge in [-0.3, -0.25) is 0 Å². The average Bonchev–Trinajstić information content (AvgIpc) is 3.64. The number of nitrogens with zero attached hydrogens (tertiary/aromatic N) is 5. The molecule has 0 spiro atoms. The molecule has 4 heterocycles. The van der Waals surface area contributed by atoms with Crippen LogP contribution in [0.25, 0.3) is 61.4 Å². The number of para-hydroxylation sites is 1. The fourth-order valence-corrected chi connectivity index (χ4v) is 7.69. The molecular weight excluding hydrogens is 795 g/mol. The Hall–Kier alpha value is -4.43. The smallest absolute Gasteiger partial charge is 0.0160 e. The van der Waals surface area contributed by atoms with Crippen LogP contribution >= 0.6 is 0 Å². The second-order valence-electron chi connectivity index (χ2n) is 11.5. The van der Waals surface area contributed by atoms with Crippen molar-refractivity contribution in [1.29, 1.82) is 0 Å². The van der Waals surface area contributed by atoms with Crippen LogP contribution in [0, 0.1) is 12.1 Å². The van der Waals surface area contributed by atoms with Gasteiger partial charge in [-0.2, -0.15) is 0 Å². The summed E-state index contributed by atoms with van der Waals surface area (Å²) in [5.41, 5.74) is 7.02. The van der Waals surface area contributed by atoms with Gasteiger partial charge in [0, 0.05) is 26.3 Å². The summed E-state index contributed by atoms with van der Waals surface area (Å²) < 4.78 is 9.97. The first-order valence-corrected chi connectivity index (χ1v) is 21.8. The molecule has 6 nitrogen and oxygen atoms in total. The predicted molar refractivity (Wildman–Crippen MR) is 180 cm³/mol. The molecule has 4 aromatic carbocycles. The summed E-state index contributed by atoms with van der Waals surface area (Å²) in [7, 11) is 0. The molecule has 0 aliphatic carbocycles. The zero-order valence-electron chi connectivity index (χ0n) is 25.0. The monoisotopic (exact) mass is 826 g/mol.